The highest BCUT2D eigenvalue weighted by atomic mass is 35.5. The minimum Gasteiger partial charge on any atom is -0.342 e. The summed E-state index contributed by atoms with van der Waals surface area (Å²) in [5.74, 6) is 1.16. The number of carbonyl (C=O) groups is 1. The van der Waals surface area contributed by atoms with E-state index in [1.807, 2.05) is 29.2 Å². The van der Waals surface area contributed by atoms with Gasteiger partial charge in [-0.05, 0) is 42.4 Å². The topological polar surface area (TPSA) is 59.0 Å². The van der Waals surface area contributed by atoms with Crippen LogP contribution in [0.4, 0.5) is 0 Å². The van der Waals surface area contributed by atoms with Crippen LogP contribution in [0.3, 0.4) is 0 Å². The van der Waals surface area contributed by atoms with Gasteiger partial charge in [0.15, 0.2) is 0 Å². The zero-order chi connectivity index (χ0) is 18.8. The number of nitrogens with zero attached hydrogens (tertiary/aromatic N) is 4. The second-order valence-corrected chi connectivity index (χ2v) is 8.94. The Labute approximate surface area is 171 Å². The Morgan fingerprint density at radius 2 is 2.15 bits per heavy atom. The lowest BCUT2D eigenvalue weighted by Crippen LogP contribution is -2.40. The van der Waals surface area contributed by atoms with Gasteiger partial charge in [0.1, 0.15) is 27.3 Å². The molecule has 1 aromatic carbocycles. The number of carbonyl (C=O) groups excluding carboxylic acids is 1. The third kappa shape index (κ3) is 4.10. The van der Waals surface area contributed by atoms with Gasteiger partial charge in [0.2, 0.25) is 5.91 Å². The molecule has 1 saturated heterocycles. The van der Waals surface area contributed by atoms with Gasteiger partial charge in [-0.1, -0.05) is 42.4 Å². The Kier molecular flexibility index (Phi) is 5.61. The first-order valence-electron chi connectivity index (χ1n) is 8.88. The summed E-state index contributed by atoms with van der Waals surface area (Å²) < 4.78 is 5.49. The number of hydrogen-bond donors (Lipinski definition) is 0. The SMILES string of the molecule is C[C@H]1CCCN(C(=O)CSc2ncnc3c(-c4ccc(Cl)cc4)nsc23)C1. The first-order valence-corrected chi connectivity index (χ1v) is 11.0. The first kappa shape index (κ1) is 18.7. The van der Waals surface area contributed by atoms with Gasteiger partial charge < -0.3 is 4.90 Å². The molecule has 140 valence electrons. The molecule has 1 atom stereocenters. The van der Waals surface area contributed by atoms with Crippen molar-refractivity contribution in [3.63, 3.8) is 0 Å². The number of likely N-dealkylation sites (tertiary alicyclic amines) is 1. The third-order valence-electron chi connectivity index (χ3n) is 4.68. The maximum absolute atomic E-state index is 12.5. The van der Waals surface area contributed by atoms with Gasteiger partial charge in [-0.2, -0.15) is 4.37 Å². The van der Waals surface area contributed by atoms with Gasteiger partial charge in [-0.15, -0.1) is 0 Å². The molecule has 8 heteroatoms. The summed E-state index contributed by atoms with van der Waals surface area (Å²) in [6.07, 6.45) is 3.85. The summed E-state index contributed by atoms with van der Waals surface area (Å²) >= 11 is 8.82. The van der Waals surface area contributed by atoms with E-state index in [2.05, 4.69) is 21.3 Å². The van der Waals surface area contributed by atoms with Crippen LogP contribution in [0.25, 0.3) is 21.5 Å². The highest BCUT2D eigenvalue weighted by Gasteiger charge is 2.22. The van der Waals surface area contributed by atoms with Crippen molar-refractivity contribution in [2.24, 2.45) is 5.92 Å². The summed E-state index contributed by atoms with van der Waals surface area (Å²) in [6.45, 7) is 3.93. The zero-order valence-corrected chi connectivity index (χ0v) is 17.3. The van der Waals surface area contributed by atoms with E-state index in [1.54, 1.807) is 6.33 Å². The van der Waals surface area contributed by atoms with E-state index in [1.165, 1.54) is 29.7 Å². The van der Waals surface area contributed by atoms with E-state index in [9.17, 15) is 4.79 Å². The summed E-state index contributed by atoms with van der Waals surface area (Å²) in [7, 11) is 0. The van der Waals surface area contributed by atoms with E-state index >= 15 is 0 Å². The Morgan fingerprint density at radius 3 is 2.93 bits per heavy atom. The van der Waals surface area contributed by atoms with Crippen LogP contribution in [-0.4, -0.2) is 44.0 Å². The molecule has 5 nitrogen and oxygen atoms in total. The third-order valence-corrected chi connectivity index (χ3v) is 6.88. The molecule has 0 radical (unpaired) electrons. The van der Waals surface area contributed by atoms with Crippen LogP contribution in [0.5, 0.6) is 0 Å². The van der Waals surface area contributed by atoms with Crippen molar-refractivity contribution in [2.45, 2.75) is 24.8 Å². The van der Waals surface area contributed by atoms with Crippen molar-refractivity contribution in [3.8, 4) is 11.3 Å². The standard InChI is InChI=1S/C19H19ClN4OS2/c1-12-3-2-8-24(9-12)15(25)10-26-19-18-17(21-11-22-19)16(23-27-18)13-4-6-14(20)7-5-13/h4-7,11-12H,2-3,8-10H2,1H3/t12-/m0/s1. The lowest BCUT2D eigenvalue weighted by Gasteiger charge is -2.30. The minimum absolute atomic E-state index is 0.181. The molecule has 1 amide bonds. The molecular formula is C19H19ClN4OS2. The second-order valence-electron chi connectivity index (χ2n) is 6.77. The summed E-state index contributed by atoms with van der Waals surface area (Å²) in [5.41, 5.74) is 2.62. The molecule has 0 aliphatic carbocycles. The molecule has 3 heterocycles. The average Bonchev–Trinajstić information content (AvgIpc) is 3.11. The number of benzene rings is 1. The van der Waals surface area contributed by atoms with Crippen LogP contribution < -0.4 is 0 Å². The number of hydrogen-bond acceptors (Lipinski definition) is 6. The summed E-state index contributed by atoms with van der Waals surface area (Å²) in [4.78, 5) is 23.3. The van der Waals surface area contributed by atoms with E-state index in [0.717, 1.165) is 46.0 Å². The maximum Gasteiger partial charge on any atom is 0.232 e. The normalized spacial score (nSPS) is 17.4. The van der Waals surface area contributed by atoms with E-state index in [0.29, 0.717) is 16.7 Å². The number of rotatable bonds is 4. The number of thioether (sulfide) groups is 1. The first-order chi connectivity index (χ1) is 13.1. The van der Waals surface area contributed by atoms with Crippen molar-refractivity contribution in [1.82, 2.24) is 19.2 Å². The highest BCUT2D eigenvalue weighted by molar-refractivity contribution is 8.00. The van der Waals surface area contributed by atoms with Crippen molar-refractivity contribution >= 4 is 51.0 Å². The highest BCUT2D eigenvalue weighted by Crippen LogP contribution is 2.34. The summed E-state index contributed by atoms with van der Waals surface area (Å²) in [6, 6.07) is 7.56. The van der Waals surface area contributed by atoms with Crippen LogP contribution in [0.2, 0.25) is 5.02 Å². The van der Waals surface area contributed by atoms with Gasteiger partial charge in [0, 0.05) is 23.7 Å². The van der Waals surface area contributed by atoms with Gasteiger partial charge >= 0.3 is 0 Å². The quantitative estimate of drug-likeness (QED) is 0.451. The Morgan fingerprint density at radius 1 is 1.33 bits per heavy atom. The number of fused-ring (bicyclic) bond motifs is 1. The van der Waals surface area contributed by atoms with E-state index < -0.39 is 0 Å². The molecule has 4 rings (SSSR count). The predicted molar refractivity (Wildman–Crippen MR) is 111 cm³/mol. The van der Waals surface area contributed by atoms with Crippen LogP contribution in [0.1, 0.15) is 19.8 Å². The molecule has 1 aliphatic rings. The molecular weight excluding hydrogens is 400 g/mol. The van der Waals surface area contributed by atoms with Crippen molar-refractivity contribution < 1.29 is 4.79 Å². The average molecular weight is 419 g/mol. The molecule has 0 saturated carbocycles. The van der Waals surface area contributed by atoms with Crippen LogP contribution in [0.15, 0.2) is 35.6 Å². The molecule has 0 N–H and O–H groups in total. The molecule has 3 aromatic rings. The number of amides is 1. The Hall–Kier alpha value is -1.70. The van der Waals surface area contributed by atoms with Crippen molar-refractivity contribution in [2.75, 3.05) is 18.8 Å². The lowest BCUT2D eigenvalue weighted by molar-refractivity contribution is -0.130. The number of aromatic nitrogens is 3. The zero-order valence-electron chi connectivity index (χ0n) is 14.9. The van der Waals surface area contributed by atoms with Gasteiger partial charge in [0.05, 0.1) is 5.75 Å². The van der Waals surface area contributed by atoms with E-state index in [4.69, 9.17) is 11.6 Å². The molecule has 1 fully saturated rings. The monoisotopic (exact) mass is 418 g/mol. The molecule has 1 aliphatic heterocycles. The van der Waals surface area contributed by atoms with E-state index in [-0.39, 0.29) is 5.91 Å². The second kappa shape index (κ2) is 8.12. The maximum atomic E-state index is 12.5. The molecule has 27 heavy (non-hydrogen) atoms. The lowest BCUT2D eigenvalue weighted by atomic mass is 10.0. The van der Waals surface area contributed by atoms with Gasteiger partial charge in [-0.3, -0.25) is 4.79 Å². The van der Waals surface area contributed by atoms with Crippen LogP contribution >= 0.6 is 34.9 Å². The van der Waals surface area contributed by atoms with Crippen molar-refractivity contribution in [3.05, 3.63) is 35.6 Å². The number of piperidine rings is 1. The summed E-state index contributed by atoms with van der Waals surface area (Å²) in [5, 5.41) is 1.51. The molecule has 0 unspecified atom stereocenters. The van der Waals surface area contributed by atoms with Gasteiger partial charge in [-0.25, -0.2) is 9.97 Å². The predicted octanol–water partition coefficient (Wildman–Crippen LogP) is 4.76. The Bertz CT molecular complexity index is 960. The minimum atomic E-state index is 0.181. The molecule has 0 spiro atoms. The smallest absolute Gasteiger partial charge is 0.232 e. The molecule has 0 bridgehead atoms. The Balaban J connectivity index is 1.53. The van der Waals surface area contributed by atoms with Crippen LogP contribution in [0, 0.1) is 5.92 Å². The fraction of sp³-hybridized carbons (Fsp3) is 0.368. The van der Waals surface area contributed by atoms with Crippen LogP contribution in [-0.2, 0) is 4.79 Å². The van der Waals surface area contributed by atoms with Gasteiger partial charge in [0.25, 0.3) is 0 Å². The number of halogens is 1. The fourth-order valence-corrected chi connectivity index (χ4v) is 5.23. The largest absolute Gasteiger partial charge is 0.342 e. The molecule has 2 aromatic heterocycles. The fourth-order valence-electron chi connectivity index (χ4n) is 3.28. The van der Waals surface area contributed by atoms with Crippen molar-refractivity contribution in [1.29, 1.82) is 0 Å².